The summed E-state index contributed by atoms with van der Waals surface area (Å²) in [5, 5.41) is 10.3. The Morgan fingerprint density at radius 2 is 1.93 bits per heavy atom. The molecule has 2 N–H and O–H groups in total. The van der Waals surface area contributed by atoms with Crippen LogP contribution in [-0.4, -0.2) is 39.6 Å². The Morgan fingerprint density at radius 3 is 2.73 bits per heavy atom. The van der Waals surface area contributed by atoms with Gasteiger partial charge >= 0.3 is 5.97 Å². The number of para-hydroxylation sites is 2. The number of carboxylic acids is 1. The lowest BCUT2D eigenvalue weighted by Crippen LogP contribution is -2.26. The number of nitrogens with one attached hydrogen (secondary N) is 1. The Bertz CT molecular complexity index is 1150. The molecule has 0 aliphatic carbocycles. The van der Waals surface area contributed by atoms with Crippen LogP contribution in [0.3, 0.4) is 0 Å². The molecule has 0 radical (unpaired) electrons. The van der Waals surface area contributed by atoms with Gasteiger partial charge in [-0.05, 0) is 24.1 Å². The van der Waals surface area contributed by atoms with Crippen LogP contribution in [0.25, 0.3) is 10.9 Å². The largest absolute Gasteiger partial charge is 0.496 e. The van der Waals surface area contributed by atoms with Crippen molar-refractivity contribution in [3.8, 4) is 5.75 Å². The van der Waals surface area contributed by atoms with Crippen LogP contribution < -0.4 is 4.74 Å². The Morgan fingerprint density at radius 1 is 1.13 bits per heavy atom. The molecule has 0 amide bonds. The molecule has 2 heterocycles. The molecule has 0 saturated carbocycles. The third kappa shape index (κ3) is 4.36. The molecular formula is C23H23N3O4. The Hall–Kier alpha value is -3.58. The zero-order valence-electron chi connectivity index (χ0n) is 16.7. The number of H-pyrrole nitrogens is 1. The average Bonchev–Trinajstić information content (AvgIpc) is 3.39. The molecule has 0 fully saturated rings. The third-order valence-corrected chi connectivity index (χ3v) is 5.09. The lowest BCUT2D eigenvalue weighted by atomic mass is 10.1. The average molecular weight is 405 g/mol. The molecule has 4 rings (SSSR count). The maximum absolute atomic E-state index is 11.1. The van der Waals surface area contributed by atoms with Crippen LogP contribution in [0.5, 0.6) is 5.75 Å². The van der Waals surface area contributed by atoms with Crippen molar-refractivity contribution < 1.29 is 19.1 Å². The normalized spacial score (nSPS) is 11.3. The third-order valence-electron chi connectivity index (χ3n) is 5.09. The van der Waals surface area contributed by atoms with Gasteiger partial charge in [0.1, 0.15) is 12.0 Å². The zero-order valence-corrected chi connectivity index (χ0v) is 16.7. The number of nitrogens with zero attached hydrogens (tertiary/aromatic N) is 2. The first-order chi connectivity index (χ1) is 14.6. The number of hydrogen-bond donors (Lipinski definition) is 2. The number of hydrogen-bond acceptors (Lipinski definition) is 5. The molecule has 2 aromatic carbocycles. The van der Waals surface area contributed by atoms with Gasteiger partial charge in [0.2, 0.25) is 5.89 Å². The van der Waals surface area contributed by atoms with Gasteiger partial charge in [0.25, 0.3) is 0 Å². The van der Waals surface area contributed by atoms with Gasteiger partial charge < -0.3 is 19.2 Å². The van der Waals surface area contributed by atoms with Crippen LogP contribution in [0.2, 0.25) is 0 Å². The molecule has 7 nitrogen and oxygen atoms in total. The van der Waals surface area contributed by atoms with Crippen LogP contribution in [0.1, 0.15) is 27.5 Å². The van der Waals surface area contributed by atoms with Gasteiger partial charge in [-0.2, -0.15) is 0 Å². The second-order valence-corrected chi connectivity index (χ2v) is 7.06. The summed E-state index contributed by atoms with van der Waals surface area (Å²) in [5.41, 5.74) is 3.31. The molecule has 154 valence electrons. The minimum absolute atomic E-state index is 0.0844. The van der Waals surface area contributed by atoms with Crippen molar-refractivity contribution >= 4 is 16.9 Å². The van der Waals surface area contributed by atoms with E-state index in [-0.39, 0.29) is 5.69 Å². The van der Waals surface area contributed by atoms with Gasteiger partial charge in [-0.1, -0.05) is 36.4 Å². The highest BCUT2D eigenvalue weighted by Crippen LogP contribution is 2.22. The smallest absolute Gasteiger partial charge is 0.357 e. The summed E-state index contributed by atoms with van der Waals surface area (Å²) in [5.74, 6) is 0.0921. The number of rotatable bonds is 9. The van der Waals surface area contributed by atoms with Crippen molar-refractivity contribution in [1.82, 2.24) is 14.9 Å². The quantitative estimate of drug-likeness (QED) is 0.435. The number of oxazole rings is 1. The molecule has 7 heteroatoms. The summed E-state index contributed by atoms with van der Waals surface area (Å²) < 4.78 is 10.9. The predicted molar refractivity (Wildman–Crippen MR) is 113 cm³/mol. The predicted octanol–water partition coefficient (Wildman–Crippen LogP) is 4.11. The summed E-state index contributed by atoms with van der Waals surface area (Å²) in [6, 6.07) is 16.1. The van der Waals surface area contributed by atoms with E-state index in [9.17, 15) is 4.79 Å². The van der Waals surface area contributed by atoms with Crippen molar-refractivity contribution in [3.05, 3.63) is 83.7 Å². The lowest BCUT2D eigenvalue weighted by Gasteiger charge is -2.22. The molecule has 0 aliphatic rings. The van der Waals surface area contributed by atoms with Gasteiger partial charge in [-0.15, -0.1) is 0 Å². The number of benzene rings is 2. The van der Waals surface area contributed by atoms with Gasteiger partial charge in [-0.25, -0.2) is 9.78 Å². The van der Waals surface area contributed by atoms with E-state index in [1.54, 1.807) is 7.11 Å². The standard InChI is InChI=1S/C23H23N3O4/c1-29-21-9-5-2-6-17(21)13-26(14-22-25-20(15-30-22)23(27)28)11-10-16-12-24-19-8-4-3-7-18(16)19/h2-9,12,15,24H,10-11,13-14H2,1H3,(H,27,28). The van der Waals surface area contributed by atoms with Gasteiger partial charge in [0, 0.05) is 35.8 Å². The fourth-order valence-corrected chi connectivity index (χ4v) is 3.58. The fraction of sp³-hybridized carbons (Fsp3) is 0.217. The van der Waals surface area contributed by atoms with Crippen molar-refractivity contribution in [2.75, 3.05) is 13.7 Å². The van der Waals surface area contributed by atoms with E-state index >= 15 is 0 Å². The number of methoxy groups -OCH3 is 1. The molecule has 4 aromatic rings. The number of carboxylic acid groups (broad SMARTS) is 1. The van der Waals surface area contributed by atoms with Crippen molar-refractivity contribution in [1.29, 1.82) is 0 Å². The summed E-state index contributed by atoms with van der Waals surface area (Å²) >= 11 is 0. The zero-order chi connectivity index (χ0) is 20.9. The maximum Gasteiger partial charge on any atom is 0.357 e. The highest BCUT2D eigenvalue weighted by atomic mass is 16.5. The van der Waals surface area contributed by atoms with E-state index in [2.05, 4.69) is 27.0 Å². The highest BCUT2D eigenvalue weighted by molar-refractivity contribution is 5.84. The molecule has 0 saturated heterocycles. The van der Waals surface area contributed by atoms with Crippen molar-refractivity contribution in [2.45, 2.75) is 19.5 Å². The molecule has 0 spiro atoms. The van der Waals surface area contributed by atoms with E-state index < -0.39 is 5.97 Å². The van der Waals surface area contributed by atoms with E-state index in [0.717, 1.165) is 29.8 Å². The summed E-state index contributed by atoms with van der Waals surface area (Å²) in [6.45, 7) is 1.76. The van der Waals surface area contributed by atoms with Gasteiger partial charge in [0.15, 0.2) is 5.69 Å². The number of aromatic carboxylic acids is 1. The first kappa shape index (κ1) is 19.7. The number of ether oxygens (including phenoxy) is 1. The van der Waals surface area contributed by atoms with Crippen LogP contribution in [-0.2, 0) is 19.5 Å². The molecular weight excluding hydrogens is 382 g/mol. The number of fused-ring (bicyclic) bond motifs is 1. The molecule has 30 heavy (non-hydrogen) atoms. The van der Waals surface area contributed by atoms with Crippen LogP contribution in [0.15, 0.2) is 65.4 Å². The maximum atomic E-state index is 11.1. The first-order valence-corrected chi connectivity index (χ1v) is 9.71. The second kappa shape index (κ2) is 8.84. The topological polar surface area (TPSA) is 91.6 Å². The molecule has 2 aromatic heterocycles. The molecule has 0 atom stereocenters. The van der Waals surface area contributed by atoms with E-state index in [1.807, 2.05) is 42.6 Å². The van der Waals surface area contributed by atoms with E-state index in [1.165, 1.54) is 17.2 Å². The minimum atomic E-state index is -1.10. The molecule has 0 aliphatic heterocycles. The van der Waals surface area contributed by atoms with Gasteiger partial charge in [-0.3, -0.25) is 4.90 Å². The Labute approximate surface area is 173 Å². The van der Waals surface area contributed by atoms with Crippen molar-refractivity contribution in [3.63, 3.8) is 0 Å². The molecule has 0 bridgehead atoms. The Balaban J connectivity index is 1.54. The van der Waals surface area contributed by atoms with E-state index in [4.69, 9.17) is 14.3 Å². The SMILES string of the molecule is COc1ccccc1CN(CCc1c[nH]c2ccccc12)Cc1nc(C(=O)O)co1. The monoisotopic (exact) mass is 405 g/mol. The summed E-state index contributed by atoms with van der Waals surface area (Å²) in [4.78, 5) is 20.7. The second-order valence-electron chi connectivity index (χ2n) is 7.06. The number of carbonyl (C=O) groups is 1. The number of aromatic nitrogens is 2. The summed E-state index contributed by atoms with van der Waals surface area (Å²) in [7, 11) is 1.66. The minimum Gasteiger partial charge on any atom is -0.496 e. The van der Waals surface area contributed by atoms with Gasteiger partial charge in [0.05, 0.1) is 13.7 Å². The number of aromatic amines is 1. The Kier molecular flexibility index (Phi) is 5.81. The summed E-state index contributed by atoms with van der Waals surface area (Å²) in [6.07, 6.45) is 4.05. The fourth-order valence-electron chi connectivity index (χ4n) is 3.58. The first-order valence-electron chi connectivity index (χ1n) is 9.71. The van der Waals surface area contributed by atoms with Crippen molar-refractivity contribution in [2.24, 2.45) is 0 Å². The molecule has 0 unspecified atom stereocenters. The van der Waals surface area contributed by atoms with E-state index in [0.29, 0.717) is 19.0 Å². The highest BCUT2D eigenvalue weighted by Gasteiger charge is 2.16. The van der Waals surface area contributed by atoms with Crippen LogP contribution in [0, 0.1) is 0 Å². The van der Waals surface area contributed by atoms with Crippen LogP contribution >= 0.6 is 0 Å². The van der Waals surface area contributed by atoms with Crippen LogP contribution in [0.4, 0.5) is 0 Å². The lowest BCUT2D eigenvalue weighted by molar-refractivity contribution is 0.0690.